The van der Waals surface area contributed by atoms with Crippen LogP contribution in [0.2, 0.25) is 5.02 Å². The molecule has 0 atom stereocenters. The van der Waals surface area contributed by atoms with Gasteiger partial charge in [-0.15, -0.1) is 0 Å². The van der Waals surface area contributed by atoms with Crippen molar-refractivity contribution in [2.45, 2.75) is 0 Å². The number of carbonyl (C=O) groups excluding carboxylic acids is 1. The number of carbonyl (C=O) groups is 1. The summed E-state index contributed by atoms with van der Waals surface area (Å²) in [4.78, 5) is 12.9. The Kier molecular flexibility index (Phi) is 4.83. The van der Waals surface area contributed by atoms with Gasteiger partial charge in [0, 0.05) is 19.7 Å². The molecule has 1 aromatic rings. The van der Waals surface area contributed by atoms with Gasteiger partial charge in [-0.25, -0.2) is 4.79 Å². The number of hydrogen-bond donors (Lipinski definition) is 2. The van der Waals surface area contributed by atoms with E-state index >= 15 is 0 Å². The van der Waals surface area contributed by atoms with Crippen LogP contribution < -0.4 is 5.32 Å². The van der Waals surface area contributed by atoms with Gasteiger partial charge in [0.1, 0.15) is 6.61 Å². The van der Waals surface area contributed by atoms with Gasteiger partial charge in [0.2, 0.25) is 0 Å². The van der Waals surface area contributed by atoms with Crippen molar-refractivity contribution in [1.82, 2.24) is 4.90 Å². The third kappa shape index (κ3) is 3.99. The summed E-state index contributed by atoms with van der Waals surface area (Å²) in [6, 6.07) is 4.76. The smallest absolute Gasteiger partial charge is 0.321 e. The maximum absolute atomic E-state index is 11.5. The van der Waals surface area contributed by atoms with Crippen LogP contribution in [0.3, 0.4) is 0 Å². The lowest BCUT2D eigenvalue weighted by atomic mass is 10.2. The van der Waals surface area contributed by atoms with Crippen LogP contribution in [0.1, 0.15) is 5.56 Å². The largest absolute Gasteiger partial charge is 0.384 e. The number of benzene rings is 1. The zero-order valence-electron chi connectivity index (χ0n) is 9.62. The molecular weight excluding hydrogens is 240 g/mol. The molecule has 0 saturated heterocycles. The van der Waals surface area contributed by atoms with Crippen LogP contribution in [0.4, 0.5) is 10.5 Å². The molecule has 0 aliphatic heterocycles. The van der Waals surface area contributed by atoms with Gasteiger partial charge in [-0.1, -0.05) is 23.4 Å². The summed E-state index contributed by atoms with van der Waals surface area (Å²) >= 11 is 5.95. The van der Waals surface area contributed by atoms with Crippen LogP contribution >= 0.6 is 11.6 Å². The highest BCUT2D eigenvalue weighted by atomic mass is 35.5. The topological polar surface area (TPSA) is 52.6 Å². The molecule has 17 heavy (non-hydrogen) atoms. The van der Waals surface area contributed by atoms with Crippen LogP contribution in [0.15, 0.2) is 18.2 Å². The second-order valence-electron chi connectivity index (χ2n) is 3.48. The SMILES string of the molecule is CN(C)C(=O)Nc1cc(C#CCO)ccc1Cl. The van der Waals surface area contributed by atoms with Gasteiger partial charge in [0.15, 0.2) is 0 Å². The number of aliphatic hydroxyl groups is 1. The van der Waals surface area contributed by atoms with Crippen molar-refractivity contribution in [3.63, 3.8) is 0 Å². The van der Waals surface area contributed by atoms with Crippen LogP contribution in [0.5, 0.6) is 0 Å². The first kappa shape index (κ1) is 13.4. The Hall–Kier alpha value is -1.70. The third-order valence-electron chi connectivity index (χ3n) is 1.93. The van der Waals surface area contributed by atoms with E-state index in [1.165, 1.54) is 4.90 Å². The zero-order valence-corrected chi connectivity index (χ0v) is 10.4. The number of rotatable bonds is 1. The first-order valence-corrected chi connectivity index (χ1v) is 5.30. The summed E-state index contributed by atoms with van der Waals surface area (Å²) in [6.07, 6.45) is 0. The van der Waals surface area contributed by atoms with Crippen LogP contribution in [0.25, 0.3) is 0 Å². The Morgan fingerprint density at radius 2 is 2.24 bits per heavy atom. The minimum atomic E-state index is -0.265. The van der Waals surface area contributed by atoms with Gasteiger partial charge in [-0.05, 0) is 18.2 Å². The number of nitrogens with one attached hydrogen (secondary N) is 1. The van der Waals surface area contributed by atoms with Gasteiger partial charge >= 0.3 is 6.03 Å². The maximum atomic E-state index is 11.5. The second kappa shape index (κ2) is 6.14. The van der Waals surface area contributed by atoms with E-state index < -0.39 is 0 Å². The molecular formula is C12H13ClN2O2. The Bertz CT molecular complexity index is 475. The normalized spacial score (nSPS) is 9.18. The van der Waals surface area contributed by atoms with Gasteiger partial charge < -0.3 is 15.3 Å². The van der Waals surface area contributed by atoms with Crippen molar-refractivity contribution >= 4 is 23.3 Å². The Labute approximate surface area is 105 Å². The molecule has 0 spiro atoms. The fourth-order valence-electron chi connectivity index (χ4n) is 1.07. The molecule has 5 heteroatoms. The predicted octanol–water partition coefficient (Wildman–Crippen LogP) is 1.78. The van der Waals surface area contributed by atoms with Gasteiger partial charge in [0.05, 0.1) is 10.7 Å². The van der Waals surface area contributed by atoms with E-state index in [-0.39, 0.29) is 12.6 Å². The van der Waals surface area contributed by atoms with E-state index in [0.29, 0.717) is 16.3 Å². The number of aliphatic hydroxyl groups excluding tert-OH is 1. The van der Waals surface area contributed by atoms with E-state index in [1.807, 2.05) is 0 Å². The zero-order chi connectivity index (χ0) is 12.8. The Morgan fingerprint density at radius 3 is 2.82 bits per heavy atom. The molecule has 0 saturated carbocycles. The summed E-state index contributed by atoms with van der Waals surface area (Å²) < 4.78 is 0. The third-order valence-corrected chi connectivity index (χ3v) is 2.26. The van der Waals surface area contributed by atoms with Gasteiger partial charge in [-0.2, -0.15) is 0 Å². The maximum Gasteiger partial charge on any atom is 0.321 e. The molecule has 0 unspecified atom stereocenters. The molecule has 1 aromatic carbocycles. The lowest BCUT2D eigenvalue weighted by molar-refractivity contribution is 0.230. The number of urea groups is 1. The first-order valence-electron chi connectivity index (χ1n) is 4.92. The first-order chi connectivity index (χ1) is 8.04. The van der Waals surface area contributed by atoms with Crippen molar-refractivity contribution in [1.29, 1.82) is 0 Å². The van der Waals surface area contributed by atoms with E-state index in [4.69, 9.17) is 16.7 Å². The van der Waals surface area contributed by atoms with E-state index in [0.717, 1.165) is 0 Å². The molecule has 4 nitrogen and oxygen atoms in total. The van der Waals surface area contributed by atoms with Crippen molar-refractivity contribution in [2.75, 3.05) is 26.0 Å². The van der Waals surface area contributed by atoms with Crippen molar-refractivity contribution in [3.05, 3.63) is 28.8 Å². The monoisotopic (exact) mass is 252 g/mol. The average Bonchev–Trinajstić information content (AvgIpc) is 2.29. The van der Waals surface area contributed by atoms with Crippen molar-refractivity contribution < 1.29 is 9.90 Å². The quantitative estimate of drug-likeness (QED) is 0.749. The number of hydrogen-bond acceptors (Lipinski definition) is 2. The number of anilines is 1. The molecule has 0 aliphatic carbocycles. The highest BCUT2D eigenvalue weighted by Crippen LogP contribution is 2.22. The fraction of sp³-hybridized carbons (Fsp3) is 0.250. The summed E-state index contributed by atoms with van der Waals surface area (Å²) in [5.74, 6) is 5.27. The summed E-state index contributed by atoms with van der Waals surface area (Å²) in [7, 11) is 3.28. The Balaban J connectivity index is 2.94. The molecule has 2 amide bonds. The second-order valence-corrected chi connectivity index (χ2v) is 3.89. The highest BCUT2D eigenvalue weighted by Gasteiger charge is 2.07. The molecule has 0 aliphatic rings. The van der Waals surface area contributed by atoms with Gasteiger partial charge in [0.25, 0.3) is 0 Å². The van der Waals surface area contributed by atoms with E-state index in [1.54, 1.807) is 32.3 Å². The van der Waals surface area contributed by atoms with Crippen LogP contribution in [0, 0.1) is 11.8 Å². The van der Waals surface area contributed by atoms with Crippen LogP contribution in [-0.2, 0) is 0 Å². The summed E-state index contributed by atoms with van der Waals surface area (Å²) in [5.41, 5.74) is 1.17. The molecule has 2 N–H and O–H groups in total. The standard InChI is InChI=1S/C12H13ClN2O2/c1-15(2)12(17)14-11-8-9(4-3-7-16)5-6-10(11)13/h5-6,8,16H,7H2,1-2H3,(H,14,17). The minimum absolute atomic E-state index is 0.206. The molecule has 1 rings (SSSR count). The number of halogens is 1. The molecule has 0 bridgehead atoms. The number of nitrogens with zero attached hydrogens (tertiary/aromatic N) is 1. The predicted molar refractivity (Wildman–Crippen MR) is 68.1 cm³/mol. The summed E-state index contributed by atoms with van der Waals surface area (Å²) in [5, 5.41) is 11.7. The molecule has 0 radical (unpaired) electrons. The van der Waals surface area contributed by atoms with Crippen molar-refractivity contribution in [3.8, 4) is 11.8 Å². The summed E-state index contributed by atoms with van der Waals surface area (Å²) in [6.45, 7) is -0.206. The van der Waals surface area contributed by atoms with Gasteiger partial charge in [-0.3, -0.25) is 0 Å². The highest BCUT2D eigenvalue weighted by molar-refractivity contribution is 6.33. The minimum Gasteiger partial charge on any atom is -0.384 e. The molecule has 90 valence electrons. The fourth-order valence-corrected chi connectivity index (χ4v) is 1.23. The van der Waals surface area contributed by atoms with Crippen LogP contribution in [-0.4, -0.2) is 36.7 Å². The molecule has 0 aromatic heterocycles. The van der Waals surface area contributed by atoms with E-state index in [2.05, 4.69) is 17.2 Å². The van der Waals surface area contributed by atoms with Crippen molar-refractivity contribution in [2.24, 2.45) is 0 Å². The lowest BCUT2D eigenvalue weighted by Crippen LogP contribution is -2.27. The lowest BCUT2D eigenvalue weighted by Gasteiger charge is -2.13. The number of amides is 2. The van der Waals surface area contributed by atoms with E-state index in [9.17, 15) is 4.79 Å². The average molecular weight is 253 g/mol. The molecule has 0 fully saturated rings. The Morgan fingerprint density at radius 1 is 1.53 bits per heavy atom. The molecule has 0 heterocycles.